The van der Waals surface area contributed by atoms with Crippen LogP contribution in [-0.4, -0.2) is 4.92 Å². The molecule has 4 nitrogen and oxygen atoms in total. The summed E-state index contributed by atoms with van der Waals surface area (Å²) in [5, 5.41) is 20.0. The molecular weight excluding hydrogens is 320 g/mol. The summed E-state index contributed by atoms with van der Waals surface area (Å²) >= 11 is 1.47. The highest BCUT2D eigenvalue weighted by atomic mass is 32.2. The second-order valence-electron chi connectivity index (χ2n) is 5.04. The van der Waals surface area contributed by atoms with Crippen molar-refractivity contribution in [3.63, 3.8) is 0 Å². The molecule has 0 aliphatic rings. The van der Waals surface area contributed by atoms with Crippen molar-refractivity contribution in [3.05, 3.63) is 88.5 Å². The van der Waals surface area contributed by atoms with Gasteiger partial charge < -0.3 is 0 Å². The predicted molar refractivity (Wildman–Crippen MR) is 93.8 cm³/mol. The summed E-state index contributed by atoms with van der Waals surface area (Å²) in [7, 11) is 0. The van der Waals surface area contributed by atoms with Crippen molar-refractivity contribution in [2.24, 2.45) is 0 Å². The van der Waals surface area contributed by atoms with Gasteiger partial charge in [0.05, 0.1) is 4.92 Å². The Labute approximate surface area is 143 Å². The van der Waals surface area contributed by atoms with Crippen LogP contribution in [0.5, 0.6) is 0 Å². The fraction of sp³-hybridized carbons (Fsp3) is 0. The minimum Gasteiger partial charge on any atom is -0.258 e. The van der Waals surface area contributed by atoms with Crippen molar-refractivity contribution in [2.75, 3.05) is 0 Å². The number of nitriles is 1. The lowest BCUT2D eigenvalue weighted by Crippen LogP contribution is -1.92. The molecule has 0 unspecified atom stereocenters. The Hall–Kier alpha value is -3.10. The third kappa shape index (κ3) is 3.45. The molecule has 3 aromatic carbocycles. The van der Waals surface area contributed by atoms with Crippen LogP contribution in [-0.2, 0) is 0 Å². The lowest BCUT2D eigenvalue weighted by molar-refractivity contribution is -0.385. The summed E-state index contributed by atoms with van der Waals surface area (Å²) in [4.78, 5) is 12.2. The van der Waals surface area contributed by atoms with Gasteiger partial charge in [-0.25, -0.2) is 0 Å². The standard InChI is InChI=1S/C19H12N2O2S/c20-13-16-12-18(9-10-19(16)21(22)23)24-17-8-4-7-15(11-17)14-5-2-1-3-6-14/h1-12H. The van der Waals surface area contributed by atoms with Crippen LogP contribution in [0.3, 0.4) is 0 Å². The first kappa shape index (κ1) is 15.8. The van der Waals surface area contributed by atoms with Gasteiger partial charge in [0.1, 0.15) is 11.6 Å². The van der Waals surface area contributed by atoms with Crippen LogP contribution < -0.4 is 0 Å². The SMILES string of the molecule is N#Cc1cc(Sc2cccc(-c3ccccc3)c2)ccc1[N+](=O)[O-]. The van der Waals surface area contributed by atoms with Gasteiger partial charge in [-0.3, -0.25) is 10.1 Å². The van der Waals surface area contributed by atoms with Crippen LogP contribution in [0.1, 0.15) is 5.56 Å². The Balaban J connectivity index is 1.90. The highest BCUT2D eigenvalue weighted by Crippen LogP contribution is 2.33. The summed E-state index contributed by atoms with van der Waals surface area (Å²) in [6.45, 7) is 0. The maximum absolute atomic E-state index is 10.9. The maximum Gasteiger partial charge on any atom is 0.287 e. The fourth-order valence-corrected chi connectivity index (χ4v) is 3.25. The van der Waals surface area contributed by atoms with Gasteiger partial charge in [0.25, 0.3) is 5.69 Å². The first-order valence-corrected chi connectivity index (χ1v) is 8.01. The van der Waals surface area contributed by atoms with E-state index in [1.807, 2.05) is 54.6 Å². The third-order valence-corrected chi connectivity index (χ3v) is 4.44. The molecular formula is C19H12N2O2S. The molecule has 0 aliphatic carbocycles. The third-order valence-electron chi connectivity index (χ3n) is 3.46. The van der Waals surface area contributed by atoms with E-state index in [2.05, 4.69) is 6.07 Å². The number of hydrogen-bond donors (Lipinski definition) is 0. The summed E-state index contributed by atoms with van der Waals surface area (Å²) in [6, 6.07) is 24.6. The van der Waals surface area contributed by atoms with E-state index in [-0.39, 0.29) is 11.3 Å². The first-order valence-electron chi connectivity index (χ1n) is 7.19. The molecule has 0 bridgehead atoms. The Bertz CT molecular complexity index is 934. The lowest BCUT2D eigenvalue weighted by Gasteiger charge is -2.06. The Morgan fingerprint density at radius 1 is 0.875 bits per heavy atom. The molecule has 24 heavy (non-hydrogen) atoms. The van der Waals surface area contributed by atoms with E-state index >= 15 is 0 Å². The zero-order valence-electron chi connectivity index (χ0n) is 12.5. The van der Waals surface area contributed by atoms with Crippen LogP contribution in [0.4, 0.5) is 5.69 Å². The topological polar surface area (TPSA) is 66.9 Å². The predicted octanol–water partition coefficient (Wildman–Crippen LogP) is 5.28. The Morgan fingerprint density at radius 2 is 1.58 bits per heavy atom. The molecule has 0 amide bonds. The average Bonchev–Trinajstić information content (AvgIpc) is 2.62. The molecule has 0 saturated heterocycles. The molecule has 3 aromatic rings. The van der Waals surface area contributed by atoms with E-state index in [1.54, 1.807) is 12.1 Å². The average molecular weight is 332 g/mol. The van der Waals surface area contributed by atoms with Crippen molar-refractivity contribution in [1.82, 2.24) is 0 Å². The fourth-order valence-electron chi connectivity index (χ4n) is 2.33. The molecule has 0 aliphatic heterocycles. The van der Waals surface area contributed by atoms with Gasteiger partial charge in [0.15, 0.2) is 0 Å². The summed E-state index contributed by atoms with van der Waals surface area (Å²) in [5.41, 5.74) is 2.13. The number of nitro groups is 1. The van der Waals surface area contributed by atoms with Gasteiger partial charge in [-0.05, 0) is 35.4 Å². The summed E-state index contributed by atoms with van der Waals surface area (Å²) in [5.74, 6) is 0. The van der Waals surface area contributed by atoms with Gasteiger partial charge in [0.2, 0.25) is 0 Å². The number of nitro benzene ring substituents is 1. The minimum absolute atomic E-state index is 0.0733. The van der Waals surface area contributed by atoms with Crippen molar-refractivity contribution < 1.29 is 4.92 Å². The molecule has 0 saturated carbocycles. The van der Waals surface area contributed by atoms with Crippen molar-refractivity contribution in [3.8, 4) is 17.2 Å². The zero-order chi connectivity index (χ0) is 16.9. The normalized spacial score (nSPS) is 10.1. The van der Waals surface area contributed by atoms with Gasteiger partial charge in [-0.15, -0.1) is 0 Å². The van der Waals surface area contributed by atoms with Crippen molar-refractivity contribution in [1.29, 1.82) is 5.26 Å². The zero-order valence-corrected chi connectivity index (χ0v) is 13.4. The van der Waals surface area contributed by atoms with Crippen LogP contribution in [0.15, 0.2) is 82.6 Å². The highest BCUT2D eigenvalue weighted by Gasteiger charge is 2.14. The minimum atomic E-state index is -0.539. The largest absolute Gasteiger partial charge is 0.287 e. The first-order chi connectivity index (χ1) is 11.7. The van der Waals surface area contributed by atoms with E-state index in [0.717, 1.165) is 20.9 Å². The van der Waals surface area contributed by atoms with Crippen LogP contribution >= 0.6 is 11.8 Å². The van der Waals surface area contributed by atoms with Gasteiger partial charge in [-0.1, -0.05) is 54.2 Å². The second-order valence-corrected chi connectivity index (χ2v) is 6.19. The monoisotopic (exact) mass is 332 g/mol. The van der Waals surface area contributed by atoms with E-state index in [9.17, 15) is 10.1 Å². The molecule has 0 radical (unpaired) electrons. The summed E-state index contributed by atoms with van der Waals surface area (Å²) < 4.78 is 0. The number of rotatable bonds is 4. The van der Waals surface area contributed by atoms with Crippen molar-refractivity contribution >= 4 is 17.4 Å². The van der Waals surface area contributed by atoms with E-state index < -0.39 is 4.92 Å². The van der Waals surface area contributed by atoms with E-state index in [4.69, 9.17) is 5.26 Å². The molecule has 0 aromatic heterocycles. The molecule has 0 fully saturated rings. The van der Waals surface area contributed by atoms with Gasteiger partial charge >= 0.3 is 0 Å². The van der Waals surface area contributed by atoms with Gasteiger partial charge in [-0.2, -0.15) is 5.26 Å². The van der Waals surface area contributed by atoms with Crippen molar-refractivity contribution in [2.45, 2.75) is 9.79 Å². The van der Waals surface area contributed by atoms with Crippen LogP contribution in [0.25, 0.3) is 11.1 Å². The molecule has 0 N–H and O–H groups in total. The Kier molecular flexibility index (Phi) is 4.59. The molecule has 0 heterocycles. The van der Waals surface area contributed by atoms with Gasteiger partial charge in [0, 0.05) is 15.9 Å². The Morgan fingerprint density at radius 3 is 2.29 bits per heavy atom. The number of nitrogens with zero attached hydrogens (tertiary/aromatic N) is 2. The lowest BCUT2D eigenvalue weighted by atomic mass is 10.1. The van der Waals surface area contributed by atoms with Crippen LogP contribution in [0, 0.1) is 21.4 Å². The molecule has 3 rings (SSSR count). The van der Waals surface area contributed by atoms with E-state index in [0.29, 0.717) is 0 Å². The molecule has 116 valence electrons. The smallest absolute Gasteiger partial charge is 0.258 e. The maximum atomic E-state index is 10.9. The number of benzene rings is 3. The highest BCUT2D eigenvalue weighted by molar-refractivity contribution is 7.99. The summed E-state index contributed by atoms with van der Waals surface area (Å²) in [6.07, 6.45) is 0. The van der Waals surface area contributed by atoms with E-state index in [1.165, 1.54) is 17.8 Å². The second kappa shape index (κ2) is 6.99. The molecule has 0 atom stereocenters. The number of hydrogen-bond acceptors (Lipinski definition) is 4. The quantitative estimate of drug-likeness (QED) is 0.481. The van der Waals surface area contributed by atoms with Crippen LogP contribution in [0.2, 0.25) is 0 Å². The molecule has 0 spiro atoms. The molecule has 5 heteroatoms.